The Morgan fingerprint density at radius 3 is 2.89 bits per heavy atom. The molecule has 3 rings (SSSR count). The van der Waals surface area contributed by atoms with Gasteiger partial charge in [-0.2, -0.15) is 0 Å². The Kier molecular flexibility index (Phi) is 6.77. The SMILES string of the molecule is COCCN(C)CC1CC(CO)CN(C(=O)c2cnc3ccccc3c2)C1. The molecule has 2 atom stereocenters. The predicted octanol–water partition coefficient (Wildman–Crippen LogP) is 1.88. The molecule has 146 valence electrons. The molecule has 1 N–H and O–H groups in total. The number of ether oxygens (including phenoxy) is 1. The molecule has 1 aliphatic rings. The van der Waals surface area contributed by atoms with Crippen molar-refractivity contribution in [3.63, 3.8) is 0 Å². The van der Waals surface area contributed by atoms with E-state index in [9.17, 15) is 9.90 Å². The number of benzene rings is 1. The van der Waals surface area contributed by atoms with Crippen LogP contribution in [0.1, 0.15) is 16.8 Å². The minimum atomic E-state index is -0.00375. The Morgan fingerprint density at radius 2 is 2.11 bits per heavy atom. The molecule has 2 heterocycles. The van der Waals surface area contributed by atoms with E-state index in [0.717, 1.165) is 30.4 Å². The molecule has 0 bridgehead atoms. The second kappa shape index (κ2) is 9.26. The van der Waals surface area contributed by atoms with Crippen LogP contribution in [0.3, 0.4) is 0 Å². The van der Waals surface area contributed by atoms with Gasteiger partial charge in [-0.05, 0) is 37.4 Å². The molecule has 1 fully saturated rings. The van der Waals surface area contributed by atoms with E-state index in [-0.39, 0.29) is 18.4 Å². The largest absolute Gasteiger partial charge is 0.396 e. The summed E-state index contributed by atoms with van der Waals surface area (Å²) in [4.78, 5) is 21.6. The topological polar surface area (TPSA) is 65.9 Å². The third-order valence-corrected chi connectivity index (χ3v) is 5.25. The van der Waals surface area contributed by atoms with Crippen molar-refractivity contribution in [1.82, 2.24) is 14.8 Å². The first-order valence-corrected chi connectivity index (χ1v) is 9.53. The van der Waals surface area contributed by atoms with Crippen LogP contribution in [0.2, 0.25) is 0 Å². The number of para-hydroxylation sites is 1. The number of nitrogens with zero attached hydrogens (tertiary/aromatic N) is 3. The Balaban J connectivity index is 1.71. The Morgan fingerprint density at radius 1 is 1.33 bits per heavy atom. The van der Waals surface area contributed by atoms with Crippen molar-refractivity contribution in [2.75, 3.05) is 53.6 Å². The lowest BCUT2D eigenvalue weighted by molar-refractivity contribution is 0.0450. The summed E-state index contributed by atoms with van der Waals surface area (Å²) in [5, 5.41) is 10.7. The van der Waals surface area contributed by atoms with Crippen molar-refractivity contribution in [2.24, 2.45) is 11.8 Å². The van der Waals surface area contributed by atoms with Gasteiger partial charge in [0.1, 0.15) is 0 Å². The summed E-state index contributed by atoms with van der Waals surface area (Å²) in [6.45, 7) is 3.86. The van der Waals surface area contributed by atoms with Gasteiger partial charge in [0, 0.05) is 51.5 Å². The number of rotatable bonds is 7. The number of carbonyl (C=O) groups excluding carboxylic acids is 1. The van der Waals surface area contributed by atoms with Gasteiger partial charge in [-0.25, -0.2) is 0 Å². The van der Waals surface area contributed by atoms with Crippen LogP contribution in [0.15, 0.2) is 36.5 Å². The van der Waals surface area contributed by atoms with E-state index in [4.69, 9.17) is 4.74 Å². The molecule has 0 saturated carbocycles. The van der Waals surface area contributed by atoms with Gasteiger partial charge in [-0.3, -0.25) is 9.78 Å². The molecule has 1 amide bonds. The maximum atomic E-state index is 13.1. The van der Waals surface area contributed by atoms with Gasteiger partial charge in [0.2, 0.25) is 0 Å². The van der Waals surface area contributed by atoms with E-state index in [0.29, 0.717) is 31.2 Å². The maximum Gasteiger partial charge on any atom is 0.255 e. The molecule has 1 aromatic carbocycles. The Bertz CT molecular complexity index is 767. The molecule has 0 aliphatic carbocycles. The Hall–Kier alpha value is -2.02. The van der Waals surface area contributed by atoms with Crippen molar-refractivity contribution >= 4 is 16.8 Å². The summed E-state index contributed by atoms with van der Waals surface area (Å²) in [7, 11) is 3.77. The third-order valence-electron chi connectivity index (χ3n) is 5.25. The summed E-state index contributed by atoms with van der Waals surface area (Å²) in [6, 6.07) is 9.72. The molecule has 6 nitrogen and oxygen atoms in total. The summed E-state index contributed by atoms with van der Waals surface area (Å²) in [5.74, 6) is 0.461. The highest BCUT2D eigenvalue weighted by atomic mass is 16.5. The molecule has 2 unspecified atom stereocenters. The quantitative estimate of drug-likeness (QED) is 0.805. The van der Waals surface area contributed by atoms with Crippen LogP contribution >= 0.6 is 0 Å². The number of piperidine rings is 1. The molecule has 1 saturated heterocycles. The van der Waals surface area contributed by atoms with Gasteiger partial charge in [-0.15, -0.1) is 0 Å². The monoisotopic (exact) mass is 371 g/mol. The van der Waals surface area contributed by atoms with Crippen LogP contribution < -0.4 is 0 Å². The lowest BCUT2D eigenvalue weighted by Gasteiger charge is -2.38. The number of fused-ring (bicyclic) bond motifs is 1. The molecule has 6 heteroatoms. The predicted molar refractivity (Wildman–Crippen MR) is 106 cm³/mol. The van der Waals surface area contributed by atoms with Gasteiger partial charge in [-0.1, -0.05) is 18.2 Å². The van der Waals surface area contributed by atoms with Gasteiger partial charge >= 0.3 is 0 Å². The normalized spacial score (nSPS) is 20.4. The van der Waals surface area contributed by atoms with Crippen LogP contribution in [-0.4, -0.2) is 79.3 Å². The highest BCUT2D eigenvalue weighted by Gasteiger charge is 2.31. The number of hydrogen-bond donors (Lipinski definition) is 1. The molecule has 0 spiro atoms. The summed E-state index contributed by atoms with van der Waals surface area (Å²) in [6.07, 6.45) is 2.60. The van der Waals surface area contributed by atoms with Gasteiger partial charge in [0.25, 0.3) is 5.91 Å². The highest BCUT2D eigenvalue weighted by Crippen LogP contribution is 2.24. The number of aromatic nitrogens is 1. The van der Waals surface area contributed by atoms with E-state index in [1.165, 1.54) is 0 Å². The van der Waals surface area contributed by atoms with E-state index >= 15 is 0 Å². The van der Waals surface area contributed by atoms with Crippen LogP contribution in [0, 0.1) is 11.8 Å². The van der Waals surface area contributed by atoms with E-state index in [1.54, 1.807) is 13.3 Å². The van der Waals surface area contributed by atoms with Crippen LogP contribution in [-0.2, 0) is 4.74 Å². The van der Waals surface area contributed by atoms with Crippen molar-refractivity contribution < 1.29 is 14.6 Å². The fraction of sp³-hybridized carbons (Fsp3) is 0.524. The average Bonchev–Trinajstić information content (AvgIpc) is 2.71. The van der Waals surface area contributed by atoms with Crippen LogP contribution in [0.25, 0.3) is 10.9 Å². The van der Waals surface area contributed by atoms with Gasteiger partial charge in [0.15, 0.2) is 0 Å². The number of likely N-dealkylation sites (N-methyl/N-ethyl adjacent to an activating group) is 1. The number of pyridine rings is 1. The lowest BCUT2D eigenvalue weighted by atomic mass is 9.89. The second-order valence-electron chi connectivity index (χ2n) is 7.53. The molecule has 27 heavy (non-hydrogen) atoms. The minimum Gasteiger partial charge on any atom is -0.396 e. The van der Waals surface area contributed by atoms with Crippen molar-refractivity contribution in [3.8, 4) is 0 Å². The van der Waals surface area contributed by atoms with Crippen molar-refractivity contribution in [1.29, 1.82) is 0 Å². The van der Waals surface area contributed by atoms with Gasteiger partial charge in [0.05, 0.1) is 17.7 Å². The number of aliphatic hydroxyl groups excluding tert-OH is 1. The van der Waals surface area contributed by atoms with Gasteiger partial charge < -0.3 is 19.6 Å². The van der Waals surface area contributed by atoms with Crippen LogP contribution in [0.4, 0.5) is 0 Å². The molecular weight excluding hydrogens is 342 g/mol. The fourth-order valence-electron chi connectivity index (χ4n) is 3.90. The smallest absolute Gasteiger partial charge is 0.255 e. The molecule has 1 aliphatic heterocycles. The van der Waals surface area contributed by atoms with Crippen molar-refractivity contribution in [3.05, 3.63) is 42.1 Å². The number of hydrogen-bond acceptors (Lipinski definition) is 5. The zero-order valence-corrected chi connectivity index (χ0v) is 16.2. The fourth-order valence-corrected chi connectivity index (χ4v) is 3.90. The maximum absolute atomic E-state index is 13.1. The number of aliphatic hydroxyl groups is 1. The zero-order chi connectivity index (χ0) is 19.2. The molecular formula is C21H29N3O3. The Labute approximate surface area is 160 Å². The summed E-state index contributed by atoms with van der Waals surface area (Å²) < 4.78 is 5.14. The molecule has 1 aromatic heterocycles. The summed E-state index contributed by atoms with van der Waals surface area (Å²) >= 11 is 0. The lowest BCUT2D eigenvalue weighted by Crippen LogP contribution is -2.47. The first-order valence-electron chi connectivity index (χ1n) is 9.53. The number of methoxy groups -OCH3 is 1. The number of carbonyl (C=O) groups is 1. The molecule has 2 aromatic rings. The number of likely N-dealkylation sites (tertiary alicyclic amines) is 1. The van der Waals surface area contributed by atoms with E-state index < -0.39 is 0 Å². The van der Waals surface area contributed by atoms with Crippen molar-refractivity contribution in [2.45, 2.75) is 6.42 Å². The number of amides is 1. The second-order valence-corrected chi connectivity index (χ2v) is 7.53. The van der Waals surface area contributed by atoms with Crippen LogP contribution in [0.5, 0.6) is 0 Å². The van der Waals surface area contributed by atoms with E-state index in [2.05, 4.69) is 16.9 Å². The first-order chi connectivity index (χ1) is 13.1. The summed E-state index contributed by atoms with van der Waals surface area (Å²) in [5.41, 5.74) is 1.50. The zero-order valence-electron chi connectivity index (χ0n) is 16.2. The highest BCUT2D eigenvalue weighted by molar-refractivity contribution is 5.97. The third kappa shape index (κ3) is 5.03. The minimum absolute atomic E-state index is 0.00375. The first kappa shape index (κ1) is 19.7. The molecule has 0 radical (unpaired) electrons. The average molecular weight is 371 g/mol. The standard InChI is InChI=1S/C21H29N3O3/c1-23(7-8-27-2)12-16-9-17(15-25)14-24(13-16)21(26)19-10-18-5-3-4-6-20(18)22-11-19/h3-6,10-11,16-17,25H,7-9,12-15H2,1-2H3. The van der Waals surface area contributed by atoms with E-state index in [1.807, 2.05) is 35.2 Å².